The van der Waals surface area contributed by atoms with E-state index in [1.54, 1.807) is 4.90 Å². The highest BCUT2D eigenvalue weighted by atomic mass is 32.2. The number of nitrogens with one attached hydrogen (secondary N) is 4. The van der Waals surface area contributed by atoms with Gasteiger partial charge in [-0.3, -0.25) is 19.2 Å². The second-order valence-corrected chi connectivity index (χ2v) is 18.4. The molecule has 0 aromatic rings. The fraction of sp³-hybridized carbons (Fsp3) is 0.811. The highest BCUT2D eigenvalue weighted by molar-refractivity contribution is 7.92. The van der Waals surface area contributed by atoms with Gasteiger partial charge >= 0.3 is 6.03 Å². The molecule has 5 amide bonds. The maximum absolute atomic E-state index is 14.5. The monoisotopic (exact) mass is 717 g/mol. The first kappa shape index (κ1) is 38.3. The van der Waals surface area contributed by atoms with E-state index in [9.17, 15) is 32.4 Å². The van der Waals surface area contributed by atoms with Crippen LogP contribution in [0.3, 0.4) is 0 Å². The minimum atomic E-state index is -3.34. The quantitative estimate of drug-likeness (QED) is 0.230. The van der Waals surface area contributed by atoms with E-state index < -0.39 is 62.4 Å². The van der Waals surface area contributed by atoms with Crippen LogP contribution in [0.4, 0.5) is 4.79 Å². The summed E-state index contributed by atoms with van der Waals surface area (Å²) in [5.74, 6) is -2.18. The van der Waals surface area contributed by atoms with Crippen molar-refractivity contribution in [1.29, 1.82) is 0 Å². The van der Waals surface area contributed by atoms with E-state index in [0.29, 0.717) is 51.5 Å². The van der Waals surface area contributed by atoms with Gasteiger partial charge in [0.2, 0.25) is 17.6 Å². The number of hydrogen-bond donors (Lipinski definition) is 4. The third-order valence-corrected chi connectivity index (χ3v) is 14.8. The molecule has 0 spiro atoms. The molecule has 12 nitrogen and oxygen atoms in total. The summed E-state index contributed by atoms with van der Waals surface area (Å²) < 4.78 is 26.2. The normalized spacial score (nSPS) is 32.7. The molecule has 3 aliphatic heterocycles. The Hall–Kier alpha value is -2.96. The number of sulfone groups is 1. The topological polar surface area (TPSA) is 171 Å². The Morgan fingerprint density at radius 3 is 2.14 bits per heavy atom. The first-order valence-corrected chi connectivity index (χ1v) is 20.9. The number of carbonyl (C=O) groups excluding carboxylic acids is 5. The Labute approximate surface area is 298 Å². The van der Waals surface area contributed by atoms with Crippen molar-refractivity contribution in [2.75, 3.05) is 18.8 Å². The SMILES string of the molecule is C=CCNC(=O)C(=O)[C@H]1CCCCCCCCCC[C@@H](NC(=O)NC2([C@@H]3CCCS3(=O)=O)CCCCC2)C(=O)N2C[C@H]3[C@@H]([C@H]2C(=O)N1)C3(C)C. The van der Waals surface area contributed by atoms with Gasteiger partial charge in [-0.25, -0.2) is 13.2 Å². The van der Waals surface area contributed by atoms with Gasteiger partial charge in [0.15, 0.2) is 9.84 Å². The summed E-state index contributed by atoms with van der Waals surface area (Å²) in [6, 6.07) is -3.30. The van der Waals surface area contributed by atoms with Gasteiger partial charge in [-0.2, -0.15) is 0 Å². The molecule has 0 unspecified atom stereocenters. The van der Waals surface area contributed by atoms with Crippen molar-refractivity contribution in [3.05, 3.63) is 12.7 Å². The molecule has 13 heteroatoms. The van der Waals surface area contributed by atoms with Crippen LogP contribution in [0.25, 0.3) is 0 Å². The highest BCUT2D eigenvalue weighted by Crippen LogP contribution is 2.65. The van der Waals surface area contributed by atoms with Crippen molar-refractivity contribution >= 4 is 39.4 Å². The number of amides is 5. The van der Waals surface area contributed by atoms with Crippen molar-refractivity contribution < 1.29 is 32.4 Å². The Morgan fingerprint density at radius 1 is 0.900 bits per heavy atom. The van der Waals surface area contributed by atoms with Crippen LogP contribution in [0.2, 0.25) is 0 Å². The average Bonchev–Trinajstić information content (AvgIpc) is 3.38. The maximum atomic E-state index is 14.5. The van der Waals surface area contributed by atoms with Gasteiger partial charge in [0.25, 0.3) is 5.91 Å². The van der Waals surface area contributed by atoms with Crippen molar-refractivity contribution in [3.8, 4) is 0 Å². The number of nitrogens with zero attached hydrogens (tertiary/aromatic N) is 1. The number of fused-ring (bicyclic) bond motifs is 3. The number of piperidine rings is 1. The van der Waals surface area contributed by atoms with Crippen LogP contribution < -0.4 is 21.3 Å². The Bertz CT molecular complexity index is 1410. The lowest BCUT2D eigenvalue weighted by atomic mass is 9.78. The number of ketones is 1. The molecule has 50 heavy (non-hydrogen) atoms. The fourth-order valence-electron chi connectivity index (χ4n) is 9.51. The van der Waals surface area contributed by atoms with Gasteiger partial charge in [0, 0.05) is 13.1 Å². The zero-order valence-electron chi connectivity index (χ0n) is 30.1. The molecular weight excluding hydrogens is 659 g/mol. The molecule has 4 N–H and O–H groups in total. The van der Waals surface area contributed by atoms with E-state index in [1.165, 1.54) is 6.08 Å². The molecule has 280 valence electrons. The summed E-state index contributed by atoms with van der Waals surface area (Å²) in [7, 11) is -3.34. The number of carbonyl (C=O) groups is 5. The predicted molar refractivity (Wildman–Crippen MR) is 191 cm³/mol. The van der Waals surface area contributed by atoms with Crippen molar-refractivity contribution in [2.45, 2.75) is 152 Å². The summed E-state index contributed by atoms with van der Waals surface area (Å²) in [5.41, 5.74) is -1.04. The standard InChI is InChI=1S/C37H59N5O7S/c1-4-22-38-33(45)31(43)26-17-12-9-7-5-6-8-10-13-18-27(34(46)42-24-25-29(36(25,2)3)30(42)32(44)39-26)40-35(47)41-37(20-14-11-15-21-37)28-19-16-23-50(28,48)49/h4,25-30H,1,5-24H2,2-3H3,(H,38,45)(H,39,44)(H2,40,41,47)/t25-,26+,27+,28-,29-,30-/m0/s1. The zero-order chi connectivity index (χ0) is 36.1. The highest BCUT2D eigenvalue weighted by Gasteiger charge is 2.69. The van der Waals surface area contributed by atoms with E-state index in [2.05, 4.69) is 41.7 Å². The van der Waals surface area contributed by atoms with Crippen LogP contribution in [0, 0.1) is 17.3 Å². The third-order valence-electron chi connectivity index (χ3n) is 12.4. The van der Waals surface area contributed by atoms with Crippen molar-refractivity contribution in [1.82, 2.24) is 26.2 Å². The van der Waals surface area contributed by atoms with Gasteiger partial charge in [0.05, 0.1) is 22.6 Å². The predicted octanol–water partition coefficient (Wildman–Crippen LogP) is 3.69. The molecule has 5 aliphatic rings. The Balaban J connectivity index is 1.38. The number of hydrogen-bond acceptors (Lipinski definition) is 7. The molecular formula is C37H59N5O7S. The molecule has 0 aromatic heterocycles. The molecule has 2 aliphatic carbocycles. The van der Waals surface area contributed by atoms with Gasteiger partial charge in [-0.1, -0.05) is 90.6 Å². The number of urea groups is 1. The van der Waals surface area contributed by atoms with E-state index in [0.717, 1.165) is 64.2 Å². The van der Waals surface area contributed by atoms with Gasteiger partial charge in [-0.15, -0.1) is 6.58 Å². The average molecular weight is 718 g/mol. The summed E-state index contributed by atoms with van der Waals surface area (Å²) in [6.45, 7) is 8.23. The molecule has 0 aromatic carbocycles. The second-order valence-electron chi connectivity index (χ2n) is 16.1. The first-order valence-electron chi connectivity index (χ1n) is 19.2. The van der Waals surface area contributed by atoms with Crippen LogP contribution in [0.5, 0.6) is 0 Å². The lowest BCUT2D eigenvalue weighted by Crippen LogP contribution is -2.63. The molecule has 6 atom stereocenters. The van der Waals surface area contributed by atoms with Crippen LogP contribution >= 0.6 is 0 Å². The Morgan fingerprint density at radius 2 is 1.52 bits per heavy atom. The molecule has 0 radical (unpaired) electrons. The molecule has 2 saturated carbocycles. The fourth-order valence-corrected chi connectivity index (χ4v) is 11.9. The van der Waals surface area contributed by atoms with Gasteiger partial charge in [0.1, 0.15) is 12.1 Å². The van der Waals surface area contributed by atoms with Crippen molar-refractivity contribution in [2.24, 2.45) is 17.3 Å². The summed E-state index contributed by atoms with van der Waals surface area (Å²) in [4.78, 5) is 70.0. The molecule has 3 saturated heterocycles. The van der Waals surface area contributed by atoms with Crippen LogP contribution in [0.15, 0.2) is 12.7 Å². The molecule has 5 rings (SSSR count). The van der Waals surface area contributed by atoms with E-state index in [1.807, 2.05) is 0 Å². The molecule has 0 bridgehead atoms. The smallest absolute Gasteiger partial charge is 0.315 e. The summed E-state index contributed by atoms with van der Waals surface area (Å²) in [5, 5.41) is 10.8. The summed E-state index contributed by atoms with van der Waals surface area (Å²) in [6.07, 6.45) is 14.3. The van der Waals surface area contributed by atoms with E-state index in [-0.39, 0.29) is 35.5 Å². The lowest BCUT2D eigenvalue weighted by Gasteiger charge is -2.42. The minimum Gasteiger partial charge on any atom is -0.346 e. The van der Waals surface area contributed by atoms with E-state index >= 15 is 0 Å². The van der Waals surface area contributed by atoms with Crippen molar-refractivity contribution in [3.63, 3.8) is 0 Å². The third kappa shape index (κ3) is 8.39. The second kappa shape index (κ2) is 16.2. The number of Topliss-reactive ketones (excluding diaryl/α,β-unsaturated/α-hetero) is 1. The van der Waals surface area contributed by atoms with Crippen LogP contribution in [-0.4, -0.2) is 90.6 Å². The van der Waals surface area contributed by atoms with Crippen LogP contribution in [0.1, 0.15) is 123 Å². The summed E-state index contributed by atoms with van der Waals surface area (Å²) >= 11 is 0. The van der Waals surface area contributed by atoms with Crippen LogP contribution in [-0.2, 0) is 29.0 Å². The maximum Gasteiger partial charge on any atom is 0.315 e. The number of rotatable bonds is 7. The van der Waals surface area contributed by atoms with Gasteiger partial charge < -0.3 is 26.2 Å². The molecule has 5 fully saturated rings. The van der Waals surface area contributed by atoms with E-state index in [4.69, 9.17) is 0 Å². The lowest BCUT2D eigenvalue weighted by molar-refractivity contribution is -0.144. The first-order chi connectivity index (χ1) is 23.8. The van der Waals surface area contributed by atoms with Gasteiger partial charge in [-0.05, 0) is 55.8 Å². The molecule has 3 heterocycles. The largest absolute Gasteiger partial charge is 0.346 e. The Kier molecular flexibility index (Phi) is 12.4. The minimum absolute atomic E-state index is 0.0883. The zero-order valence-corrected chi connectivity index (χ0v) is 30.9.